The van der Waals surface area contributed by atoms with Crippen LogP contribution in [-0.4, -0.2) is 39.2 Å². The summed E-state index contributed by atoms with van der Waals surface area (Å²) in [4.78, 5) is 20.0. The minimum Gasteiger partial charge on any atom is -0.373 e. The fourth-order valence-electron chi connectivity index (χ4n) is 1.60. The van der Waals surface area contributed by atoms with Crippen molar-refractivity contribution >= 4 is 11.7 Å². The van der Waals surface area contributed by atoms with Gasteiger partial charge in [-0.2, -0.15) is 5.10 Å². The summed E-state index contributed by atoms with van der Waals surface area (Å²) in [5.41, 5.74) is 0.577. The Balaban J connectivity index is 1.87. The van der Waals surface area contributed by atoms with E-state index in [-0.39, 0.29) is 5.91 Å². The number of carbonyl (C=O) groups excluding carboxylic acids is 1. The van der Waals surface area contributed by atoms with Crippen LogP contribution in [-0.2, 0) is 13.5 Å². The molecule has 0 aliphatic carbocycles. The third-order valence-corrected chi connectivity index (χ3v) is 2.56. The lowest BCUT2D eigenvalue weighted by Crippen LogP contribution is -2.26. The van der Waals surface area contributed by atoms with Crippen LogP contribution in [0.25, 0.3) is 0 Å². The van der Waals surface area contributed by atoms with E-state index in [1.54, 1.807) is 36.4 Å². The number of nitrogens with one attached hydrogen (secondary N) is 2. The average molecular weight is 260 g/mol. The molecule has 7 heteroatoms. The first-order valence-electron chi connectivity index (χ1n) is 5.95. The summed E-state index contributed by atoms with van der Waals surface area (Å²) in [6.45, 7) is 0.500. The minimum absolute atomic E-state index is 0.130. The van der Waals surface area contributed by atoms with Crippen molar-refractivity contribution in [2.45, 2.75) is 6.42 Å². The summed E-state index contributed by atoms with van der Waals surface area (Å²) < 4.78 is 1.64. The number of amides is 1. The van der Waals surface area contributed by atoms with Crippen LogP contribution in [0.15, 0.2) is 24.7 Å². The molecule has 0 fully saturated rings. The van der Waals surface area contributed by atoms with Crippen molar-refractivity contribution in [1.29, 1.82) is 0 Å². The predicted octanol–water partition coefficient (Wildman–Crippen LogP) is 0.224. The SMILES string of the molecule is CNc1cc(C(=O)NCCc2ncn(C)n2)ccn1. The molecule has 2 aromatic heterocycles. The molecule has 1 amide bonds. The molecule has 7 nitrogen and oxygen atoms in total. The molecule has 2 rings (SSSR count). The van der Waals surface area contributed by atoms with Gasteiger partial charge in [0.2, 0.25) is 0 Å². The number of hydrogen-bond donors (Lipinski definition) is 2. The maximum absolute atomic E-state index is 11.9. The zero-order valence-corrected chi connectivity index (χ0v) is 10.9. The van der Waals surface area contributed by atoms with Gasteiger partial charge in [0.05, 0.1) is 0 Å². The molecule has 0 aromatic carbocycles. The topological polar surface area (TPSA) is 84.7 Å². The van der Waals surface area contributed by atoms with Gasteiger partial charge in [0.25, 0.3) is 5.91 Å². The van der Waals surface area contributed by atoms with E-state index in [0.717, 1.165) is 0 Å². The van der Waals surface area contributed by atoms with Gasteiger partial charge in [-0.15, -0.1) is 0 Å². The van der Waals surface area contributed by atoms with Gasteiger partial charge in [-0.1, -0.05) is 0 Å². The Bertz CT molecular complexity index is 565. The van der Waals surface area contributed by atoms with Crippen molar-refractivity contribution < 1.29 is 4.79 Å². The van der Waals surface area contributed by atoms with Crippen molar-refractivity contribution in [3.05, 3.63) is 36.0 Å². The second-order valence-electron chi connectivity index (χ2n) is 4.02. The summed E-state index contributed by atoms with van der Waals surface area (Å²) in [5, 5.41) is 9.86. The molecule has 0 radical (unpaired) electrons. The molecule has 0 aliphatic heterocycles. The van der Waals surface area contributed by atoms with Crippen molar-refractivity contribution in [3.8, 4) is 0 Å². The van der Waals surface area contributed by atoms with E-state index >= 15 is 0 Å². The minimum atomic E-state index is -0.130. The van der Waals surface area contributed by atoms with E-state index in [2.05, 4.69) is 25.7 Å². The first-order valence-corrected chi connectivity index (χ1v) is 5.95. The van der Waals surface area contributed by atoms with Crippen LogP contribution in [0, 0.1) is 0 Å². The van der Waals surface area contributed by atoms with Gasteiger partial charge in [0.1, 0.15) is 12.1 Å². The smallest absolute Gasteiger partial charge is 0.251 e. The second kappa shape index (κ2) is 5.94. The number of nitrogens with zero attached hydrogens (tertiary/aromatic N) is 4. The molecule has 2 aromatic rings. The second-order valence-corrected chi connectivity index (χ2v) is 4.02. The maximum atomic E-state index is 11.9. The summed E-state index contributed by atoms with van der Waals surface area (Å²) in [7, 11) is 3.57. The third kappa shape index (κ3) is 3.51. The molecule has 100 valence electrons. The Morgan fingerprint density at radius 3 is 2.95 bits per heavy atom. The molecule has 0 saturated carbocycles. The monoisotopic (exact) mass is 260 g/mol. The quantitative estimate of drug-likeness (QED) is 0.803. The Hall–Kier alpha value is -2.44. The number of carbonyl (C=O) groups is 1. The highest BCUT2D eigenvalue weighted by Crippen LogP contribution is 2.05. The van der Waals surface area contributed by atoms with E-state index in [1.165, 1.54) is 0 Å². The largest absolute Gasteiger partial charge is 0.373 e. The molecular weight excluding hydrogens is 244 g/mol. The summed E-state index contributed by atoms with van der Waals surface area (Å²) in [6.07, 6.45) is 3.84. The van der Waals surface area contributed by atoms with E-state index in [9.17, 15) is 4.79 Å². The number of pyridine rings is 1. The Morgan fingerprint density at radius 1 is 1.42 bits per heavy atom. The van der Waals surface area contributed by atoms with Crippen LogP contribution < -0.4 is 10.6 Å². The molecule has 2 heterocycles. The van der Waals surface area contributed by atoms with E-state index in [1.807, 2.05) is 7.05 Å². The number of anilines is 1. The van der Waals surface area contributed by atoms with Gasteiger partial charge in [0.15, 0.2) is 5.82 Å². The average Bonchev–Trinajstić information content (AvgIpc) is 2.84. The highest BCUT2D eigenvalue weighted by atomic mass is 16.1. The van der Waals surface area contributed by atoms with Crippen molar-refractivity contribution in [1.82, 2.24) is 25.1 Å². The Labute approximate surface area is 111 Å². The summed E-state index contributed by atoms with van der Waals surface area (Å²) >= 11 is 0. The normalized spacial score (nSPS) is 10.2. The van der Waals surface area contributed by atoms with Gasteiger partial charge < -0.3 is 10.6 Å². The van der Waals surface area contributed by atoms with E-state index in [0.29, 0.717) is 30.2 Å². The zero-order valence-electron chi connectivity index (χ0n) is 10.9. The van der Waals surface area contributed by atoms with Crippen LogP contribution in [0.4, 0.5) is 5.82 Å². The predicted molar refractivity (Wildman–Crippen MR) is 70.8 cm³/mol. The van der Waals surface area contributed by atoms with E-state index in [4.69, 9.17) is 0 Å². The molecule has 0 saturated heterocycles. The number of aryl methyl sites for hydroxylation is 1. The van der Waals surface area contributed by atoms with Gasteiger partial charge >= 0.3 is 0 Å². The number of aromatic nitrogens is 4. The van der Waals surface area contributed by atoms with Crippen molar-refractivity contribution in [2.75, 3.05) is 18.9 Å². The van der Waals surface area contributed by atoms with Crippen LogP contribution in [0.1, 0.15) is 16.2 Å². The molecule has 0 spiro atoms. The lowest BCUT2D eigenvalue weighted by molar-refractivity contribution is 0.0954. The molecule has 0 unspecified atom stereocenters. The highest BCUT2D eigenvalue weighted by molar-refractivity contribution is 5.94. The Kier molecular flexibility index (Phi) is 4.07. The van der Waals surface area contributed by atoms with Gasteiger partial charge in [-0.05, 0) is 12.1 Å². The Morgan fingerprint density at radius 2 is 2.26 bits per heavy atom. The molecule has 0 atom stereocenters. The lowest BCUT2D eigenvalue weighted by atomic mass is 10.2. The van der Waals surface area contributed by atoms with Crippen LogP contribution in [0.3, 0.4) is 0 Å². The summed E-state index contributed by atoms with van der Waals surface area (Å²) in [5.74, 6) is 1.25. The molecule has 0 bridgehead atoms. The van der Waals surface area contributed by atoms with E-state index < -0.39 is 0 Å². The summed E-state index contributed by atoms with van der Waals surface area (Å²) in [6, 6.07) is 3.38. The highest BCUT2D eigenvalue weighted by Gasteiger charge is 2.06. The molecule has 0 aliphatic rings. The molecular formula is C12H16N6O. The molecule has 2 N–H and O–H groups in total. The maximum Gasteiger partial charge on any atom is 0.251 e. The first-order chi connectivity index (χ1) is 9.19. The van der Waals surface area contributed by atoms with Gasteiger partial charge in [0, 0.05) is 38.8 Å². The van der Waals surface area contributed by atoms with Gasteiger partial charge in [-0.3, -0.25) is 9.48 Å². The fourth-order valence-corrected chi connectivity index (χ4v) is 1.60. The molecule has 19 heavy (non-hydrogen) atoms. The standard InChI is InChI=1S/C12H16N6O/c1-13-11-7-9(3-5-14-11)12(19)15-6-4-10-16-8-18(2)17-10/h3,5,7-8H,4,6H2,1-2H3,(H,13,14)(H,15,19). The zero-order chi connectivity index (χ0) is 13.7. The lowest BCUT2D eigenvalue weighted by Gasteiger charge is -2.05. The van der Waals surface area contributed by atoms with Crippen LogP contribution in [0.2, 0.25) is 0 Å². The van der Waals surface area contributed by atoms with Crippen LogP contribution >= 0.6 is 0 Å². The van der Waals surface area contributed by atoms with Crippen LogP contribution in [0.5, 0.6) is 0 Å². The number of rotatable bonds is 5. The first kappa shape index (κ1) is 13.0. The third-order valence-electron chi connectivity index (χ3n) is 2.56. The van der Waals surface area contributed by atoms with Gasteiger partial charge in [-0.25, -0.2) is 9.97 Å². The number of hydrogen-bond acceptors (Lipinski definition) is 5. The fraction of sp³-hybridized carbons (Fsp3) is 0.333. The van der Waals surface area contributed by atoms with Crippen molar-refractivity contribution in [3.63, 3.8) is 0 Å². The van der Waals surface area contributed by atoms with Crippen molar-refractivity contribution in [2.24, 2.45) is 7.05 Å².